The van der Waals surface area contributed by atoms with Crippen molar-refractivity contribution in [1.82, 2.24) is 4.72 Å². The smallest absolute Gasteiger partial charge is 0.212 e. The number of nitrogens with one attached hydrogen (secondary N) is 1. The van der Waals surface area contributed by atoms with E-state index in [4.69, 9.17) is 14.2 Å². The molecule has 0 bridgehead atoms. The molecular weight excluding hydrogens is 361 g/mol. The summed E-state index contributed by atoms with van der Waals surface area (Å²) in [7, 11) is -2.01. The summed E-state index contributed by atoms with van der Waals surface area (Å²) in [5.74, 6) is 0.162. The first-order valence-electron chi connectivity index (χ1n) is 8.74. The molecule has 1 aromatic rings. The highest BCUT2D eigenvalue weighted by Crippen LogP contribution is 2.32. The third-order valence-corrected chi connectivity index (χ3v) is 5.79. The van der Waals surface area contributed by atoms with Gasteiger partial charge in [-0.1, -0.05) is 6.07 Å². The molecule has 1 aliphatic carbocycles. The van der Waals surface area contributed by atoms with E-state index in [1.54, 1.807) is 26.0 Å². The molecule has 0 amide bonds. The molecule has 1 saturated carbocycles. The summed E-state index contributed by atoms with van der Waals surface area (Å²) in [5, 5.41) is 0. The molecule has 0 unspecified atom stereocenters. The molecule has 2 rings (SSSR count). The molecule has 0 spiro atoms. The van der Waals surface area contributed by atoms with Crippen LogP contribution in [0.2, 0.25) is 0 Å². The number of halogens is 1. The molecule has 0 radical (unpaired) electrons. The molecule has 0 aromatic heterocycles. The second-order valence-corrected chi connectivity index (χ2v) is 8.96. The number of sulfonamides is 1. The Morgan fingerprint density at radius 2 is 2.04 bits per heavy atom. The zero-order chi connectivity index (χ0) is 19.2. The lowest BCUT2D eigenvalue weighted by Gasteiger charge is -2.27. The van der Waals surface area contributed by atoms with E-state index in [0.717, 1.165) is 12.8 Å². The molecule has 0 saturated heterocycles. The summed E-state index contributed by atoms with van der Waals surface area (Å²) in [6.45, 7) is 4.41. The van der Waals surface area contributed by atoms with Crippen molar-refractivity contribution in [2.45, 2.75) is 38.6 Å². The van der Waals surface area contributed by atoms with E-state index in [1.165, 1.54) is 13.2 Å². The maximum Gasteiger partial charge on any atom is 0.212 e. The fourth-order valence-electron chi connectivity index (χ4n) is 2.49. The molecule has 0 atom stereocenters. The van der Waals surface area contributed by atoms with Crippen LogP contribution in [0.3, 0.4) is 0 Å². The largest absolute Gasteiger partial charge is 0.490 e. The van der Waals surface area contributed by atoms with Gasteiger partial charge in [0.1, 0.15) is 6.79 Å². The van der Waals surface area contributed by atoms with Gasteiger partial charge in [-0.3, -0.25) is 0 Å². The maximum absolute atomic E-state index is 13.9. The minimum absolute atomic E-state index is 0.0631. The number of hydrogen-bond acceptors (Lipinski definition) is 5. The zero-order valence-electron chi connectivity index (χ0n) is 15.6. The second kappa shape index (κ2) is 9.12. The Bertz CT molecular complexity index is 689. The summed E-state index contributed by atoms with van der Waals surface area (Å²) in [6.07, 6.45) is 2.58. The van der Waals surface area contributed by atoms with Crippen molar-refractivity contribution in [2.75, 3.05) is 32.9 Å². The van der Waals surface area contributed by atoms with Gasteiger partial charge in [-0.05, 0) is 56.7 Å². The monoisotopic (exact) mass is 389 g/mol. The van der Waals surface area contributed by atoms with Crippen LogP contribution in [0.5, 0.6) is 5.75 Å². The lowest BCUT2D eigenvalue weighted by atomic mass is 9.95. The highest BCUT2D eigenvalue weighted by molar-refractivity contribution is 7.89. The highest BCUT2D eigenvalue weighted by atomic mass is 32.2. The molecule has 0 aliphatic heterocycles. The summed E-state index contributed by atoms with van der Waals surface area (Å²) < 4.78 is 56.7. The average Bonchev–Trinajstić information content (AvgIpc) is 3.37. The number of rotatable bonds is 12. The third-order valence-electron chi connectivity index (χ3n) is 4.14. The van der Waals surface area contributed by atoms with Gasteiger partial charge in [-0.2, -0.15) is 0 Å². The van der Waals surface area contributed by atoms with Crippen LogP contribution in [0.1, 0.15) is 38.7 Å². The molecule has 1 fully saturated rings. The van der Waals surface area contributed by atoms with E-state index in [1.807, 2.05) is 0 Å². The normalized spacial score (nSPS) is 15.2. The first kappa shape index (κ1) is 21.1. The Balaban J connectivity index is 1.97. The van der Waals surface area contributed by atoms with E-state index in [2.05, 4.69) is 4.72 Å². The van der Waals surface area contributed by atoms with E-state index < -0.39 is 21.4 Å². The molecule has 1 N–H and O–H groups in total. The molecular formula is C18H28FNO5S. The van der Waals surface area contributed by atoms with Gasteiger partial charge in [0, 0.05) is 7.11 Å². The molecule has 148 valence electrons. The van der Waals surface area contributed by atoms with Gasteiger partial charge in [-0.25, -0.2) is 17.5 Å². The van der Waals surface area contributed by atoms with Crippen molar-refractivity contribution in [3.05, 3.63) is 29.6 Å². The number of benzene rings is 1. The van der Waals surface area contributed by atoms with Gasteiger partial charge in [0.25, 0.3) is 0 Å². The molecule has 6 nitrogen and oxygen atoms in total. The average molecular weight is 389 g/mol. The SMILES string of the molecule is COCOCCCS(=O)(=O)NC(C)(C)c1ccc(F)c(OCC2CC2)c1. The Kier molecular flexibility index (Phi) is 7.40. The molecule has 26 heavy (non-hydrogen) atoms. The lowest BCUT2D eigenvalue weighted by molar-refractivity contribution is -0.0298. The van der Waals surface area contributed by atoms with Crippen molar-refractivity contribution < 1.29 is 27.0 Å². The summed E-state index contributed by atoms with van der Waals surface area (Å²) in [4.78, 5) is 0. The summed E-state index contributed by atoms with van der Waals surface area (Å²) in [6, 6.07) is 4.46. The summed E-state index contributed by atoms with van der Waals surface area (Å²) in [5.41, 5.74) is -0.249. The highest BCUT2D eigenvalue weighted by Gasteiger charge is 2.28. The molecule has 1 aromatic carbocycles. The fraction of sp³-hybridized carbons (Fsp3) is 0.667. The van der Waals surface area contributed by atoms with Crippen LogP contribution in [-0.4, -0.2) is 41.3 Å². The lowest BCUT2D eigenvalue weighted by Crippen LogP contribution is -2.42. The van der Waals surface area contributed by atoms with E-state index in [-0.39, 0.29) is 18.3 Å². The van der Waals surface area contributed by atoms with Crippen molar-refractivity contribution in [3.63, 3.8) is 0 Å². The van der Waals surface area contributed by atoms with E-state index >= 15 is 0 Å². The van der Waals surface area contributed by atoms with E-state index in [0.29, 0.717) is 31.1 Å². The topological polar surface area (TPSA) is 73.9 Å². The minimum Gasteiger partial charge on any atom is -0.490 e. The van der Waals surface area contributed by atoms with Crippen LogP contribution in [0.25, 0.3) is 0 Å². The van der Waals surface area contributed by atoms with Crippen molar-refractivity contribution in [3.8, 4) is 5.75 Å². The van der Waals surface area contributed by atoms with E-state index in [9.17, 15) is 12.8 Å². The predicted molar refractivity (Wildman–Crippen MR) is 97.0 cm³/mol. The number of methoxy groups -OCH3 is 1. The van der Waals surface area contributed by atoms with Crippen LogP contribution in [0.15, 0.2) is 18.2 Å². The van der Waals surface area contributed by atoms with Crippen molar-refractivity contribution >= 4 is 10.0 Å². The standard InChI is InChI=1S/C18H28FNO5S/c1-18(2,20-26(21,22)10-4-9-24-13-23-3)15-7-8-16(19)17(11-15)25-12-14-5-6-14/h7-8,11,14,20H,4-6,9-10,12-13H2,1-3H3. The summed E-state index contributed by atoms with van der Waals surface area (Å²) >= 11 is 0. The quantitative estimate of drug-likeness (QED) is 0.440. The zero-order valence-corrected chi connectivity index (χ0v) is 16.4. The van der Waals surface area contributed by atoms with Gasteiger partial charge in [0.15, 0.2) is 11.6 Å². The van der Waals surface area contributed by atoms with Crippen LogP contribution < -0.4 is 9.46 Å². The number of hydrogen-bond donors (Lipinski definition) is 1. The van der Waals surface area contributed by atoms with Gasteiger partial charge in [0.2, 0.25) is 10.0 Å². The van der Waals surface area contributed by atoms with Gasteiger partial charge < -0.3 is 14.2 Å². The molecule has 0 heterocycles. The Morgan fingerprint density at radius 1 is 1.31 bits per heavy atom. The first-order chi connectivity index (χ1) is 12.2. The molecule has 8 heteroatoms. The van der Waals surface area contributed by atoms with Crippen molar-refractivity contribution in [2.24, 2.45) is 5.92 Å². The molecule has 1 aliphatic rings. The predicted octanol–water partition coefficient (Wildman–Crippen LogP) is 2.78. The fourth-order valence-corrected chi connectivity index (χ4v) is 3.98. The first-order valence-corrected chi connectivity index (χ1v) is 10.4. The van der Waals surface area contributed by atoms with Crippen molar-refractivity contribution in [1.29, 1.82) is 0 Å². The van der Waals surface area contributed by atoms with Gasteiger partial charge in [-0.15, -0.1) is 0 Å². The third kappa shape index (κ3) is 6.83. The second-order valence-electron chi connectivity index (χ2n) is 7.11. The Morgan fingerprint density at radius 3 is 2.69 bits per heavy atom. The number of ether oxygens (including phenoxy) is 3. The van der Waals surface area contributed by atoms with Crippen LogP contribution >= 0.6 is 0 Å². The van der Waals surface area contributed by atoms with Gasteiger partial charge >= 0.3 is 0 Å². The van der Waals surface area contributed by atoms with Crippen LogP contribution in [-0.2, 0) is 25.0 Å². The Labute approximate surface area is 155 Å². The Hall–Kier alpha value is -1.22. The van der Waals surface area contributed by atoms with Crippen LogP contribution in [0, 0.1) is 11.7 Å². The van der Waals surface area contributed by atoms with Gasteiger partial charge in [0.05, 0.1) is 24.5 Å². The van der Waals surface area contributed by atoms with Crippen LogP contribution in [0.4, 0.5) is 4.39 Å². The maximum atomic E-state index is 13.9. The minimum atomic E-state index is -3.52.